The van der Waals surface area contributed by atoms with Gasteiger partial charge in [-0.05, 0) is 5.56 Å². The van der Waals surface area contributed by atoms with E-state index in [1.54, 1.807) is 0 Å². The molecule has 13 nitrogen and oxygen atoms in total. The van der Waals surface area contributed by atoms with Gasteiger partial charge in [-0.2, -0.15) is 0 Å². The Bertz CT molecular complexity index is 1090. The summed E-state index contributed by atoms with van der Waals surface area (Å²) < 4.78 is 34.3. The first-order valence-corrected chi connectivity index (χ1v) is 11.5. The molecule has 200 valence electrons. The molecule has 0 aliphatic carbocycles. The Hall–Kier alpha value is -3.84. The van der Waals surface area contributed by atoms with E-state index in [0.29, 0.717) is 12.3 Å². The molecule has 0 saturated carbocycles. The van der Waals surface area contributed by atoms with Crippen molar-refractivity contribution in [2.75, 3.05) is 6.61 Å². The van der Waals surface area contributed by atoms with Crippen molar-refractivity contribution in [3.8, 4) is 0 Å². The lowest BCUT2D eigenvalue weighted by Crippen LogP contribution is -2.60. The quantitative estimate of drug-likeness (QED) is 0.328. The fraction of sp³-hybridized carbons (Fsp3) is 0.500. The van der Waals surface area contributed by atoms with Crippen LogP contribution >= 0.6 is 0 Å². The largest absolute Gasteiger partial charge is 0.463 e. The molecule has 3 rings (SSSR count). The van der Waals surface area contributed by atoms with Crippen LogP contribution in [0.4, 0.5) is 0 Å². The van der Waals surface area contributed by atoms with Gasteiger partial charge in [0, 0.05) is 27.7 Å². The molecule has 1 saturated heterocycles. The Labute approximate surface area is 212 Å². The molecule has 2 aromatic rings. The van der Waals surface area contributed by atoms with Crippen LogP contribution in [0.15, 0.2) is 36.5 Å². The molecule has 1 fully saturated rings. The number of esters is 4. The molecule has 0 radical (unpaired) electrons. The van der Waals surface area contributed by atoms with Gasteiger partial charge in [0.1, 0.15) is 18.4 Å². The van der Waals surface area contributed by atoms with Crippen molar-refractivity contribution in [2.45, 2.75) is 71.6 Å². The first-order chi connectivity index (χ1) is 17.6. The molecule has 0 N–H and O–H groups in total. The standard InChI is InChI=1S/C24H29N3O10/c1-14(28)33-13-20-21(34-15(2)29)22(35-16(3)30)23(36-17(4)31)24(37-20)27-10-19(25-26-27)12-32-11-18-8-6-5-7-9-18/h5-10,20-24H,11-13H2,1-4H3/t20-,21-,22+,23-,24-/m1/s1. The second-order valence-electron chi connectivity index (χ2n) is 8.26. The number of carbonyl (C=O) groups is 4. The molecule has 0 spiro atoms. The van der Waals surface area contributed by atoms with Gasteiger partial charge in [0.25, 0.3) is 0 Å². The molecule has 2 heterocycles. The number of hydrogen-bond acceptors (Lipinski definition) is 12. The summed E-state index contributed by atoms with van der Waals surface area (Å²) in [5.41, 5.74) is 1.43. The van der Waals surface area contributed by atoms with Gasteiger partial charge < -0.3 is 28.4 Å². The van der Waals surface area contributed by atoms with Crippen LogP contribution in [0.2, 0.25) is 0 Å². The number of benzene rings is 1. The SMILES string of the molecule is CC(=O)OC[C@H]1O[C@@H](n2cc(COCc3ccccc3)nn2)[C@H](OC(C)=O)[C@@H](OC(C)=O)[C@@H]1OC(C)=O. The molecule has 1 aromatic heterocycles. The summed E-state index contributed by atoms with van der Waals surface area (Å²) in [6.07, 6.45) is -4.57. The highest BCUT2D eigenvalue weighted by Crippen LogP contribution is 2.34. The van der Waals surface area contributed by atoms with Crippen LogP contribution in [-0.4, -0.2) is 69.9 Å². The Morgan fingerprint density at radius 1 is 0.838 bits per heavy atom. The van der Waals surface area contributed by atoms with Crippen molar-refractivity contribution in [1.82, 2.24) is 15.0 Å². The van der Waals surface area contributed by atoms with E-state index in [4.69, 9.17) is 28.4 Å². The first-order valence-electron chi connectivity index (χ1n) is 11.5. The number of rotatable bonds is 10. The van der Waals surface area contributed by atoms with Crippen molar-refractivity contribution in [1.29, 1.82) is 0 Å². The molecule has 5 atom stereocenters. The number of nitrogens with zero attached hydrogens (tertiary/aromatic N) is 3. The third kappa shape index (κ3) is 8.08. The fourth-order valence-corrected chi connectivity index (χ4v) is 3.77. The average Bonchev–Trinajstić information content (AvgIpc) is 3.29. The molecule has 0 amide bonds. The van der Waals surface area contributed by atoms with E-state index in [9.17, 15) is 19.2 Å². The fourth-order valence-electron chi connectivity index (χ4n) is 3.77. The molecule has 1 aromatic carbocycles. The van der Waals surface area contributed by atoms with Gasteiger partial charge in [0.15, 0.2) is 24.5 Å². The van der Waals surface area contributed by atoms with E-state index >= 15 is 0 Å². The number of hydrogen-bond donors (Lipinski definition) is 0. The third-order valence-corrected chi connectivity index (χ3v) is 5.15. The monoisotopic (exact) mass is 519 g/mol. The van der Waals surface area contributed by atoms with Crippen molar-refractivity contribution in [3.63, 3.8) is 0 Å². The molecular formula is C24H29N3O10. The minimum Gasteiger partial charge on any atom is -0.463 e. The summed E-state index contributed by atoms with van der Waals surface area (Å²) in [6.45, 7) is 4.81. The smallest absolute Gasteiger partial charge is 0.303 e. The molecule has 37 heavy (non-hydrogen) atoms. The highest BCUT2D eigenvalue weighted by molar-refractivity contribution is 5.68. The van der Waals surface area contributed by atoms with Crippen LogP contribution < -0.4 is 0 Å². The lowest BCUT2D eigenvalue weighted by molar-refractivity contribution is -0.270. The summed E-state index contributed by atoms with van der Waals surface area (Å²) in [4.78, 5) is 47.2. The lowest BCUT2D eigenvalue weighted by Gasteiger charge is -2.44. The maximum Gasteiger partial charge on any atom is 0.303 e. The zero-order valence-corrected chi connectivity index (χ0v) is 20.9. The normalized spacial score (nSPS) is 23.1. The van der Waals surface area contributed by atoms with Gasteiger partial charge in [0.05, 0.1) is 19.4 Å². The van der Waals surface area contributed by atoms with Gasteiger partial charge >= 0.3 is 23.9 Å². The van der Waals surface area contributed by atoms with Gasteiger partial charge in [-0.1, -0.05) is 35.5 Å². The molecule has 13 heteroatoms. The minimum atomic E-state index is -1.30. The van der Waals surface area contributed by atoms with E-state index in [0.717, 1.165) is 26.3 Å². The van der Waals surface area contributed by atoms with Gasteiger partial charge in [-0.3, -0.25) is 19.2 Å². The maximum atomic E-state index is 12.0. The Balaban J connectivity index is 1.87. The lowest BCUT2D eigenvalue weighted by atomic mass is 9.97. The van der Waals surface area contributed by atoms with Gasteiger partial charge in [0.2, 0.25) is 0 Å². The second-order valence-corrected chi connectivity index (χ2v) is 8.26. The minimum absolute atomic E-state index is 0.125. The van der Waals surface area contributed by atoms with E-state index in [-0.39, 0.29) is 13.2 Å². The van der Waals surface area contributed by atoms with Crippen LogP contribution in [0, 0.1) is 0 Å². The second kappa shape index (κ2) is 12.9. The molecular weight excluding hydrogens is 490 g/mol. The van der Waals surface area contributed by atoms with Crippen LogP contribution in [0.5, 0.6) is 0 Å². The van der Waals surface area contributed by atoms with Crippen molar-refractivity contribution >= 4 is 23.9 Å². The predicted molar refractivity (Wildman–Crippen MR) is 122 cm³/mol. The van der Waals surface area contributed by atoms with Gasteiger partial charge in [-0.15, -0.1) is 5.10 Å². The Morgan fingerprint density at radius 2 is 1.46 bits per heavy atom. The summed E-state index contributed by atoms with van der Waals surface area (Å²) in [5, 5.41) is 8.14. The number of aromatic nitrogens is 3. The zero-order valence-electron chi connectivity index (χ0n) is 20.9. The van der Waals surface area contributed by atoms with Crippen LogP contribution in [0.25, 0.3) is 0 Å². The molecule has 1 aliphatic rings. The topological polar surface area (TPSA) is 154 Å². The average molecular weight is 520 g/mol. The van der Waals surface area contributed by atoms with E-state index in [2.05, 4.69) is 10.3 Å². The van der Waals surface area contributed by atoms with E-state index in [1.165, 1.54) is 17.8 Å². The maximum absolute atomic E-state index is 12.0. The van der Waals surface area contributed by atoms with Crippen LogP contribution in [0.1, 0.15) is 45.2 Å². The summed E-state index contributed by atoms with van der Waals surface area (Å²) in [7, 11) is 0. The summed E-state index contributed by atoms with van der Waals surface area (Å²) >= 11 is 0. The van der Waals surface area contributed by atoms with Crippen LogP contribution in [-0.2, 0) is 60.8 Å². The zero-order chi connectivity index (χ0) is 26.9. The highest BCUT2D eigenvalue weighted by Gasteiger charge is 2.53. The van der Waals surface area contributed by atoms with E-state index in [1.807, 2.05) is 30.3 Å². The summed E-state index contributed by atoms with van der Waals surface area (Å²) in [6, 6.07) is 9.56. The third-order valence-electron chi connectivity index (χ3n) is 5.15. The Morgan fingerprint density at radius 3 is 2.08 bits per heavy atom. The molecule has 0 unspecified atom stereocenters. The van der Waals surface area contributed by atoms with Crippen molar-refractivity contribution in [2.24, 2.45) is 0 Å². The highest BCUT2D eigenvalue weighted by atomic mass is 16.7. The first kappa shape index (κ1) is 27.7. The Kier molecular flexibility index (Phi) is 9.69. The van der Waals surface area contributed by atoms with Crippen molar-refractivity contribution in [3.05, 3.63) is 47.8 Å². The van der Waals surface area contributed by atoms with Crippen LogP contribution in [0.3, 0.4) is 0 Å². The number of ether oxygens (including phenoxy) is 6. The predicted octanol–water partition coefficient (Wildman–Crippen LogP) is 1.25. The van der Waals surface area contributed by atoms with E-state index < -0.39 is 54.5 Å². The number of carbonyl (C=O) groups excluding carboxylic acids is 4. The molecule has 0 bridgehead atoms. The van der Waals surface area contributed by atoms with Gasteiger partial charge in [-0.25, -0.2) is 4.68 Å². The van der Waals surface area contributed by atoms with Crippen molar-refractivity contribution < 1.29 is 47.6 Å². The summed E-state index contributed by atoms with van der Waals surface area (Å²) in [5.74, 6) is -2.74. The molecule has 1 aliphatic heterocycles.